The zero-order chi connectivity index (χ0) is 15.2. The van der Waals surface area contributed by atoms with Gasteiger partial charge in [-0.1, -0.05) is 18.5 Å². The summed E-state index contributed by atoms with van der Waals surface area (Å²) in [6.07, 6.45) is 2.25. The molecule has 0 aliphatic carbocycles. The van der Waals surface area contributed by atoms with Crippen LogP contribution in [-0.2, 0) is 6.42 Å². The van der Waals surface area contributed by atoms with Crippen molar-refractivity contribution in [1.82, 2.24) is 9.97 Å². The van der Waals surface area contributed by atoms with Gasteiger partial charge in [-0.25, -0.2) is 9.97 Å². The van der Waals surface area contributed by atoms with Gasteiger partial charge in [-0.15, -0.1) is 0 Å². The third-order valence-electron chi connectivity index (χ3n) is 2.83. The van der Waals surface area contributed by atoms with Crippen molar-refractivity contribution in [3.8, 4) is 0 Å². The lowest BCUT2D eigenvalue weighted by molar-refractivity contribution is 0.102. The lowest BCUT2D eigenvalue weighted by atomic mass is 10.2. The Kier molecular flexibility index (Phi) is 5.11. The number of carbonyl (C=O) groups is 1. The monoisotopic (exact) mass is 304 g/mol. The first-order valence-corrected chi connectivity index (χ1v) is 7.18. The minimum absolute atomic E-state index is 0.221. The van der Waals surface area contributed by atoms with Crippen molar-refractivity contribution in [2.45, 2.75) is 20.3 Å². The lowest BCUT2D eigenvalue weighted by Crippen LogP contribution is -2.14. The van der Waals surface area contributed by atoms with E-state index in [1.54, 1.807) is 24.3 Å². The molecule has 2 rings (SSSR count). The molecule has 110 valence electrons. The van der Waals surface area contributed by atoms with E-state index in [2.05, 4.69) is 20.6 Å². The molecule has 0 atom stereocenters. The molecule has 0 aliphatic heterocycles. The van der Waals surface area contributed by atoms with Crippen LogP contribution in [0.5, 0.6) is 0 Å². The molecule has 1 amide bonds. The van der Waals surface area contributed by atoms with Crippen LogP contribution in [0.15, 0.2) is 30.5 Å². The smallest absolute Gasteiger partial charge is 0.257 e. The number of amides is 1. The van der Waals surface area contributed by atoms with Gasteiger partial charge in [0.25, 0.3) is 5.91 Å². The van der Waals surface area contributed by atoms with E-state index in [0.717, 1.165) is 18.7 Å². The Hall–Kier alpha value is -2.14. The number of halogens is 1. The zero-order valence-electron chi connectivity index (χ0n) is 12.0. The summed E-state index contributed by atoms with van der Waals surface area (Å²) in [6.45, 7) is 4.73. The molecule has 0 fully saturated rings. The van der Waals surface area contributed by atoms with Crippen molar-refractivity contribution in [2.75, 3.05) is 17.2 Å². The van der Waals surface area contributed by atoms with Crippen LogP contribution in [0.4, 0.5) is 11.6 Å². The first-order valence-electron chi connectivity index (χ1n) is 6.80. The molecule has 0 radical (unpaired) electrons. The molecule has 0 aromatic carbocycles. The van der Waals surface area contributed by atoms with Crippen molar-refractivity contribution in [3.63, 3.8) is 0 Å². The summed E-state index contributed by atoms with van der Waals surface area (Å²) < 4.78 is 0. The summed E-state index contributed by atoms with van der Waals surface area (Å²) >= 11 is 5.77. The molecule has 0 spiro atoms. The number of nitrogens with one attached hydrogen (secondary N) is 2. The molecule has 5 nitrogen and oxygen atoms in total. The second-order valence-electron chi connectivity index (χ2n) is 4.43. The van der Waals surface area contributed by atoms with Crippen molar-refractivity contribution >= 4 is 29.1 Å². The van der Waals surface area contributed by atoms with E-state index in [1.165, 1.54) is 6.20 Å². The van der Waals surface area contributed by atoms with Crippen LogP contribution in [0, 0.1) is 0 Å². The number of hydrogen-bond acceptors (Lipinski definition) is 4. The maximum Gasteiger partial charge on any atom is 0.257 e. The first kappa shape index (κ1) is 15.3. The van der Waals surface area contributed by atoms with E-state index >= 15 is 0 Å². The topological polar surface area (TPSA) is 66.9 Å². The number of aryl methyl sites for hydroxylation is 1. The molecule has 0 unspecified atom stereocenters. The van der Waals surface area contributed by atoms with E-state index in [-0.39, 0.29) is 5.91 Å². The molecule has 0 bridgehead atoms. The van der Waals surface area contributed by atoms with Crippen LogP contribution >= 0.6 is 11.6 Å². The van der Waals surface area contributed by atoms with E-state index in [0.29, 0.717) is 22.2 Å². The predicted molar refractivity (Wildman–Crippen MR) is 85.0 cm³/mol. The molecule has 2 aromatic heterocycles. The maximum absolute atomic E-state index is 12.3. The van der Waals surface area contributed by atoms with E-state index < -0.39 is 0 Å². The number of anilines is 2. The summed E-state index contributed by atoms with van der Waals surface area (Å²) in [7, 11) is 0. The Morgan fingerprint density at radius 3 is 2.67 bits per heavy atom. The number of aromatic nitrogens is 2. The molecular formula is C15H17ClN4O. The average molecular weight is 305 g/mol. The Labute approximate surface area is 128 Å². The third kappa shape index (κ3) is 4.16. The minimum Gasteiger partial charge on any atom is -0.370 e. The highest BCUT2D eigenvalue weighted by atomic mass is 35.5. The molecule has 0 saturated carbocycles. The Bertz CT molecular complexity index is 628. The summed E-state index contributed by atoms with van der Waals surface area (Å²) in [5.74, 6) is 0.941. The van der Waals surface area contributed by atoms with Crippen molar-refractivity contribution in [3.05, 3.63) is 46.7 Å². The van der Waals surface area contributed by atoms with Crippen molar-refractivity contribution in [1.29, 1.82) is 0 Å². The number of pyridine rings is 2. The van der Waals surface area contributed by atoms with Gasteiger partial charge in [0.2, 0.25) is 0 Å². The average Bonchev–Trinajstić information content (AvgIpc) is 2.49. The van der Waals surface area contributed by atoms with E-state index in [9.17, 15) is 4.79 Å². The summed E-state index contributed by atoms with van der Waals surface area (Å²) in [6, 6.07) is 6.85. The number of hydrogen-bond donors (Lipinski definition) is 2. The van der Waals surface area contributed by atoms with Crippen LogP contribution in [0.3, 0.4) is 0 Å². The second-order valence-corrected chi connectivity index (χ2v) is 4.87. The van der Waals surface area contributed by atoms with E-state index in [4.69, 9.17) is 11.6 Å². The van der Waals surface area contributed by atoms with Gasteiger partial charge >= 0.3 is 0 Å². The number of nitrogens with zero attached hydrogens (tertiary/aromatic N) is 2. The predicted octanol–water partition coefficient (Wildman–Crippen LogP) is 3.38. The van der Waals surface area contributed by atoms with Gasteiger partial charge in [0.15, 0.2) is 0 Å². The Balaban J connectivity index is 2.21. The van der Waals surface area contributed by atoms with Gasteiger partial charge in [-0.05, 0) is 37.6 Å². The zero-order valence-corrected chi connectivity index (χ0v) is 12.7. The quantitative estimate of drug-likeness (QED) is 0.888. The van der Waals surface area contributed by atoms with Gasteiger partial charge in [0, 0.05) is 24.0 Å². The highest BCUT2D eigenvalue weighted by molar-refractivity contribution is 6.30. The van der Waals surface area contributed by atoms with Gasteiger partial charge < -0.3 is 10.6 Å². The molecule has 21 heavy (non-hydrogen) atoms. The van der Waals surface area contributed by atoms with Crippen LogP contribution in [0.1, 0.15) is 29.9 Å². The fourth-order valence-corrected chi connectivity index (χ4v) is 1.92. The first-order chi connectivity index (χ1) is 10.1. The summed E-state index contributed by atoms with van der Waals surface area (Å²) in [5.41, 5.74) is 1.41. The second kappa shape index (κ2) is 7.04. The van der Waals surface area contributed by atoms with Gasteiger partial charge in [0.05, 0.1) is 5.02 Å². The molecule has 2 aromatic rings. The number of rotatable bonds is 5. The fourth-order valence-electron chi connectivity index (χ4n) is 1.81. The summed E-state index contributed by atoms with van der Waals surface area (Å²) in [4.78, 5) is 20.8. The van der Waals surface area contributed by atoms with Gasteiger partial charge in [-0.2, -0.15) is 0 Å². The highest BCUT2D eigenvalue weighted by Crippen LogP contribution is 2.14. The van der Waals surface area contributed by atoms with Crippen LogP contribution in [-0.4, -0.2) is 22.4 Å². The standard InChI is InChI=1S/C15H17ClN4O/c1-3-12-7-10(8-14(19-12)17-4-2)15(21)20-13-6-5-11(16)9-18-13/h5-9H,3-4H2,1-2H3,(H,17,19)(H,18,20,21). The SMILES string of the molecule is CCNc1cc(C(=O)Nc2ccc(Cl)cn2)cc(CC)n1. The molecule has 0 aliphatic rings. The largest absolute Gasteiger partial charge is 0.370 e. The van der Waals surface area contributed by atoms with Gasteiger partial charge in [-0.3, -0.25) is 4.79 Å². The fraction of sp³-hybridized carbons (Fsp3) is 0.267. The summed E-state index contributed by atoms with van der Waals surface area (Å²) in [5, 5.41) is 6.39. The van der Waals surface area contributed by atoms with Crippen LogP contribution in [0.2, 0.25) is 5.02 Å². The van der Waals surface area contributed by atoms with Crippen LogP contribution in [0.25, 0.3) is 0 Å². The lowest BCUT2D eigenvalue weighted by Gasteiger charge is -2.09. The van der Waals surface area contributed by atoms with E-state index in [1.807, 2.05) is 13.8 Å². The molecule has 2 N–H and O–H groups in total. The normalized spacial score (nSPS) is 10.2. The third-order valence-corrected chi connectivity index (χ3v) is 3.05. The van der Waals surface area contributed by atoms with Crippen molar-refractivity contribution < 1.29 is 4.79 Å². The van der Waals surface area contributed by atoms with Crippen LogP contribution < -0.4 is 10.6 Å². The Morgan fingerprint density at radius 2 is 2.05 bits per heavy atom. The Morgan fingerprint density at radius 1 is 1.24 bits per heavy atom. The molecule has 6 heteroatoms. The molecule has 2 heterocycles. The number of carbonyl (C=O) groups excluding carboxylic acids is 1. The van der Waals surface area contributed by atoms with Crippen molar-refractivity contribution in [2.24, 2.45) is 0 Å². The van der Waals surface area contributed by atoms with Gasteiger partial charge in [0.1, 0.15) is 11.6 Å². The molecular weight excluding hydrogens is 288 g/mol. The molecule has 0 saturated heterocycles. The maximum atomic E-state index is 12.3. The highest BCUT2D eigenvalue weighted by Gasteiger charge is 2.10. The minimum atomic E-state index is -0.221.